The molecule has 2 aromatic heterocycles. The van der Waals surface area contributed by atoms with Gasteiger partial charge in [0, 0.05) is 22.9 Å². The van der Waals surface area contributed by atoms with Gasteiger partial charge in [0.05, 0.1) is 22.5 Å². The zero-order valence-electron chi connectivity index (χ0n) is 22.4. The SMILES string of the molecule is N.O=C(O)c1csc(-n2nc(C3(C(F)(F)F)CC3)c(Cc3ccc([SH+](=O)[O-])cc3)c2-c2cccc(-c3ccccc3)c2)n1. The summed E-state index contributed by atoms with van der Waals surface area (Å²) < 4.78 is 67.9. The summed E-state index contributed by atoms with van der Waals surface area (Å²) in [6.45, 7) is 0. The van der Waals surface area contributed by atoms with Crippen molar-refractivity contribution >= 4 is 28.4 Å². The molecule has 0 saturated heterocycles. The molecule has 1 unspecified atom stereocenters. The van der Waals surface area contributed by atoms with E-state index >= 15 is 0 Å². The number of benzene rings is 3. The van der Waals surface area contributed by atoms with E-state index in [1.54, 1.807) is 24.3 Å². The molecule has 6 rings (SSSR count). The predicted molar refractivity (Wildman–Crippen MR) is 157 cm³/mol. The van der Waals surface area contributed by atoms with Crippen LogP contribution in [0, 0.1) is 0 Å². The second-order valence-electron chi connectivity index (χ2n) is 10.0. The van der Waals surface area contributed by atoms with Gasteiger partial charge in [0.2, 0.25) is 5.13 Å². The highest BCUT2D eigenvalue weighted by Gasteiger charge is 2.66. The van der Waals surface area contributed by atoms with Crippen molar-refractivity contribution in [3.63, 3.8) is 0 Å². The van der Waals surface area contributed by atoms with Crippen molar-refractivity contribution in [2.75, 3.05) is 0 Å². The number of thiazole rings is 1. The van der Waals surface area contributed by atoms with Gasteiger partial charge >= 0.3 is 12.1 Å². The molecule has 0 amide bonds. The molecule has 0 radical (unpaired) electrons. The van der Waals surface area contributed by atoms with E-state index in [-0.39, 0.29) is 46.8 Å². The number of rotatable bonds is 8. The van der Waals surface area contributed by atoms with Crippen molar-refractivity contribution in [3.05, 3.63) is 107 Å². The zero-order valence-corrected chi connectivity index (χ0v) is 24.1. The first-order valence-electron chi connectivity index (χ1n) is 12.8. The minimum Gasteiger partial charge on any atom is -0.612 e. The molecule has 4 N–H and O–H groups in total. The Hall–Kier alpha value is -4.17. The summed E-state index contributed by atoms with van der Waals surface area (Å²) in [6, 6.07) is 22.8. The third kappa shape index (κ3) is 5.64. The van der Waals surface area contributed by atoms with Crippen LogP contribution in [0.2, 0.25) is 0 Å². The molecule has 0 spiro atoms. The summed E-state index contributed by atoms with van der Waals surface area (Å²) >= 11 is -1.84. The lowest BCUT2D eigenvalue weighted by atomic mass is 9.90. The van der Waals surface area contributed by atoms with Crippen molar-refractivity contribution in [1.29, 1.82) is 0 Å². The molecule has 222 valence electrons. The Morgan fingerprint density at radius 3 is 2.23 bits per heavy atom. The average Bonchev–Trinajstić information content (AvgIpc) is 3.50. The van der Waals surface area contributed by atoms with Gasteiger partial charge in [-0.1, -0.05) is 60.7 Å². The topological polar surface area (TPSA) is 143 Å². The normalized spacial score (nSPS) is 14.6. The lowest BCUT2D eigenvalue weighted by Gasteiger charge is -2.19. The van der Waals surface area contributed by atoms with Crippen LogP contribution in [0.5, 0.6) is 0 Å². The van der Waals surface area contributed by atoms with Crippen LogP contribution in [0.15, 0.2) is 89.1 Å². The highest BCUT2D eigenvalue weighted by atomic mass is 32.2. The predicted octanol–water partition coefficient (Wildman–Crippen LogP) is 6.89. The minimum absolute atomic E-state index is 0. The first kappa shape index (κ1) is 30.3. The van der Waals surface area contributed by atoms with Crippen LogP contribution >= 0.6 is 11.3 Å². The molecule has 1 atom stereocenters. The van der Waals surface area contributed by atoms with Gasteiger partial charge in [0.25, 0.3) is 0 Å². The Morgan fingerprint density at radius 2 is 1.65 bits per heavy atom. The molecule has 3 aromatic carbocycles. The van der Waals surface area contributed by atoms with E-state index in [1.807, 2.05) is 42.5 Å². The highest BCUT2D eigenvalue weighted by Crippen LogP contribution is 2.60. The van der Waals surface area contributed by atoms with Crippen LogP contribution in [-0.2, 0) is 27.1 Å². The summed E-state index contributed by atoms with van der Waals surface area (Å²) in [5, 5.41) is 15.5. The summed E-state index contributed by atoms with van der Waals surface area (Å²) in [5.74, 6) is -1.26. The first-order valence-corrected chi connectivity index (χ1v) is 14.9. The molecular formula is C30H25F3N4O4S2. The Balaban J connectivity index is 0.00000368. The maximum atomic E-state index is 14.6. The monoisotopic (exact) mass is 626 g/mol. The van der Waals surface area contributed by atoms with Gasteiger partial charge in [-0.15, -0.1) is 15.5 Å². The van der Waals surface area contributed by atoms with E-state index in [1.165, 1.54) is 22.2 Å². The number of hydrogen-bond donors (Lipinski definition) is 2. The lowest BCUT2D eigenvalue weighted by Crippen LogP contribution is -2.30. The van der Waals surface area contributed by atoms with Crippen LogP contribution in [0.3, 0.4) is 0 Å². The van der Waals surface area contributed by atoms with Crippen molar-refractivity contribution in [2.45, 2.75) is 35.7 Å². The van der Waals surface area contributed by atoms with E-state index in [0.717, 1.165) is 22.5 Å². The van der Waals surface area contributed by atoms with E-state index in [4.69, 9.17) is 0 Å². The van der Waals surface area contributed by atoms with E-state index in [2.05, 4.69) is 10.1 Å². The van der Waals surface area contributed by atoms with Crippen molar-refractivity contribution in [2.24, 2.45) is 0 Å². The van der Waals surface area contributed by atoms with Gasteiger partial charge in [-0.05, 0) is 47.7 Å². The van der Waals surface area contributed by atoms with Gasteiger partial charge in [-0.25, -0.2) is 14.5 Å². The van der Waals surface area contributed by atoms with Crippen molar-refractivity contribution in [3.8, 4) is 27.5 Å². The number of carboxylic acid groups (broad SMARTS) is 1. The number of aromatic nitrogens is 3. The van der Waals surface area contributed by atoms with E-state index in [9.17, 15) is 31.8 Å². The summed E-state index contributed by atoms with van der Waals surface area (Å²) in [6.07, 6.45) is -4.79. The quantitative estimate of drug-likeness (QED) is 0.141. The van der Waals surface area contributed by atoms with Gasteiger partial charge in [0.1, 0.15) is 5.41 Å². The zero-order chi connectivity index (χ0) is 29.6. The fourth-order valence-corrected chi connectivity index (χ4v) is 6.24. The van der Waals surface area contributed by atoms with Crippen molar-refractivity contribution in [1.82, 2.24) is 20.9 Å². The number of halogens is 3. The molecule has 0 aliphatic heterocycles. The number of carbonyl (C=O) groups is 1. The summed E-state index contributed by atoms with van der Waals surface area (Å²) in [4.78, 5) is 15.9. The van der Waals surface area contributed by atoms with Gasteiger partial charge in [0.15, 0.2) is 10.6 Å². The van der Waals surface area contributed by atoms with E-state index in [0.29, 0.717) is 22.4 Å². The fraction of sp³-hybridized carbons (Fsp3) is 0.167. The number of alkyl halides is 3. The van der Waals surface area contributed by atoms with E-state index < -0.39 is 28.6 Å². The number of aromatic carboxylic acids is 1. The van der Waals surface area contributed by atoms with Crippen LogP contribution in [-0.4, -0.2) is 36.6 Å². The van der Waals surface area contributed by atoms with Crippen molar-refractivity contribution < 1.29 is 31.8 Å². The molecule has 1 saturated carbocycles. The summed E-state index contributed by atoms with van der Waals surface area (Å²) in [5.41, 5.74) is 1.08. The largest absolute Gasteiger partial charge is 0.612 e. The van der Waals surface area contributed by atoms with Crippen LogP contribution in [0.1, 0.15) is 40.2 Å². The highest BCUT2D eigenvalue weighted by molar-refractivity contribution is 7.79. The molecule has 0 bridgehead atoms. The standard InChI is InChI=1S/C30H22F3N3O4S2.H3N/c31-30(32,33)29(13-14-29)26-23(15-18-9-11-22(12-10-18)42(39)40)25(36(35-26)28-34-24(17-41-28)27(37)38)21-8-4-7-20(16-21)19-5-2-1-3-6-19;/h1-12,16-17,42H,13-15H2,(H-,37,38,39,40);1H3. The number of hydrogen-bond acceptors (Lipinski definition) is 7. The molecule has 43 heavy (non-hydrogen) atoms. The summed E-state index contributed by atoms with van der Waals surface area (Å²) in [7, 11) is 0. The number of nitrogens with zero attached hydrogens (tertiary/aromatic N) is 3. The average molecular weight is 627 g/mol. The van der Waals surface area contributed by atoms with Crippen LogP contribution < -0.4 is 6.15 Å². The van der Waals surface area contributed by atoms with Gasteiger partial charge in [-0.2, -0.15) is 18.3 Å². The van der Waals surface area contributed by atoms with Crippen LogP contribution in [0.25, 0.3) is 27.5 Å². The number of thiol groups is 1. The van der Waals surface area contributed by atoms with Crippen LogP contribution in [0.4, 0.5) is 13.2 Å². The second-order valence-corrected chi connectivity index (χ2v) is 11.9. The second kappa shape index (κ2) is 11.5. The Kier molecular flexibility index (Phi) is 8.09. The third-order valence-electron chi connectivity index (χ3n) is 7.39. The smallest absolute Gasteiger partial charge is 0.400 e. The Morgan fingerprint density at radius 1 is 1.00 bits per heavy atom. The minimum atomic E-state index is -4.57. The molecule has 13 heteroatoms. The maximum Gasteiger partial charge on any atom is 0.400 e. The lowest BCUT2D eigenvalue weighted by molar-refractivity contribution is -0.161. The molecule has 5 aromatic rings. The fourth-order valence-electron chi connectivity index (χ4n) is 5.09. The number of carboxylic acids is 1. The maximum absolute atomic E-state index is 14.6. The Labute approximate surface area is 250 Å². The first-order chi connectivity index (χ1) is 20.1. The van der Waals surface area contributed by atoms with Gasteiger partial charge < -0.3 is 15.8 Å². The van der Waals surface area contributed by atoms with Gasteiger partial charge in [-0.3, -0.25) is 0 Å². The molecule has 2 heterocycles. The molecule has 1 fully saturated rings. The molecule has 1 aliphatic rings. The molecule has 8 nitrogen and oxygen atoms in total. The molecule has 1 aliphatic carbocycles. The Bertz CT molecular complexity index is 1820. The third-order valence-corrected chi connectivity index (χ3v) is 8.93. The molecular weight excluding hydrogens is 601 g/mol.